The minimum atomic E-state index is 0.641. The second-order valence-corrected chi connectivity index (χ2v) is 2.81. The molecule has 0 aliphatic carbocycles. The van der Waals surface area contributed by atoms with Gasteiger partial charge < -0.3 is 0 Å². The summed E-state index contributed by atoms with van der Waals surface area (Å²) in [6.07, 6.45) is 1.84. The molecule has 0 spiro atoms. The first-order valence-corrected chi connectivity index (χ1v) is 3.72. The van der Waals surface area contributed by atoms with Crippen molar-refractivity contribution in [1.82, 2.24) is 14.6 Å². The van der Waals surface area contributed by atoms with E-state index in [4.69, 9.17) is 12.2 Å². The fourth-order valence-corrected chi connectivity index (χ4v) is 1.35. The van der Waals surface area contributed by atoms with Gasteiger partial charge in [-0.1, -0.05) is 12.2 Å². The highest BCUT2D eigenvalue weighted by molar-refractivity contribution is 7.71. The van der Waals surface area contributed by atoms with Crippen LogP contribution in [0.2, 0.25) is 0 Å². The topological polar surface area (TPSA) is 33.1 Å². The molecule has 2 aromatic heterocycles. The summed E-state index contributed by atoms with van der Waals surface area (Å²) in [5, 5.41) is 3.02. The SMILES string of the molecule is Cc1cc(=S)nc2cc[nH]n12. The molecule has 1 N–H and O–H groups in total. The molecule has 0 saturated carbocycles. The molecule has 0 radical (unpaired) electrons. The molecule has 0 amide bonds. The van der Waals surface area contributed by atoms with E-state index in [-0.39, 0.29) is 0 Å². The molecule has 2 aromatic rings. The van der Waals surface area contributed by atoms with E-state index in [1.165, 1.54) is 0 Å². The standard InChI is InChI=1S/C7H7N3S/c1-5-4-7(11)9-6-2-3-8-10(5)6/h2-4,8H,1H3. The molecule has 2 rings (SSSR count). The Morgan fingerprint density at radius 1 is 1.64 bits per heavy atom. The van der Waals surface area contributed by atoms with Crippen molar-refractivity contribution in [1.29, 1.82) is 0 Å². The van der Waals surface area contributed by atoms with Crippen LogP contribution in [-0.2, 0) is 0 Å². The summed E-state index contributed by atoms with van der Waals surface area (Å²) in [4.78, 5) is 4.14. The molecular weight excluding hydrogens is 158 g/mol. The number of H-pyrrole nitrogens is 1. The minimum Gasteiger partial charge on any atom is -0.300 e. The number of aryl methyl sites for hydroxylation is 1. The van der Waals surface area contributed by atoms with E-state index >= 15 is 0 Å². The molecule has 0 bridgehead atoms. The van der Waals surface area contributed by atoms with E-state index in [2.05, 4.69) is 10.1 Å². The average molecular weight is 165 g/mol. The molecule has 0 atom stereocenters. The average Bonchev–Trinajstić information content (AvgIpc) is 2.34. The van der Waals surface area contributed by atoms with Crippen molar-refractivity contribution in [3.05, 3.63) is 28.7 Å². The quantitative estimate of drug-likeness (QED) is 0.603. The molecule has 2 heterocycles. The van der Waals surface area contributed by atoms with Crippen LogP contribution >= 0.6 is 12.2 Å². The molecule has 0 fully saturated rings. The number of hydrogen-bond donors (Lipinski definition) is 1. The number of nitrogens with zero attached hydrogens (tertiary/aromatic N) is 2. The Balaban J connectivity index is 3.02. The number of rotatable bonds is 0. The van der Waals surface area contributed by atoms with Gasteiger partial charge in [0.2, 0.25) is 0 Å². The van der Waals surface area contributed by atoms with Crippen LogP contribution in [0.3, 0.4) is 0 Å². The zero-order chi connectivity index (χ0) is 7.84. The third kappa shape index (κ3) is 0.952. The van der Waals surface area contributed by atoms with Gasteiger partial charge in [-0.2, -0.15) is 0 Å². The molecule has 0 aliphatic heterocycles. The van der Waals surface area contributed by atoms with Gasteiger partial charge in [0.05, 0.1) is 0 Å². The van der Waals surface area contributed by atoms with Crippen LogP contribution in [0, 0.1) is 11.6 Å². The first-order chi connectivity index (χ1) is 5.27. The third-order valence-electron chi connectivity index (χ3n) is 1.57. The number of hydrogen-bond acceptors (Lipinski definition) is 2. The van der Waals surface area contributed by atoms with E-state index in [0.717, 1.165) is 11.3 Å². The lowest BCUT2D eigenvalue weighted by Gasteiger charge is -1.96. The van der Waals surface area contributed by atoms with Crippen LogP contribution in [0.4, 0.5) is 0 Å². The van der Waals surface area contributed by atoms with Crippen LogP contribution < -0.4 is 0 Å². The lowest BCUT2D eigenvalue weighted by atomic mass is 10.4. The van der Waals surface area contributed by atoms with E-state index in [1.54, 1.807) is 0 Å². The van der Waals surface area contributed by atoms with Crippen LogP contribution in [0.5, 0.6) is 0 Å². The van der Waals surface area contributed by atoms with Gasteiger partial charge in [-0.05, 0) is 13.0 Å². The van der Waals surface area contributed by atoms with Crippen molar-refractivity contribution in [2.45, 2.75) is 6.92 Å². The second kappa shape index (κ2) is 2.17. The van der Waals surface area contributed by atoms with Crippen molar-refractivity contribution in [3.63, 3.8) is 0 Å². The first-order valence-electron chi connectivity index (χ1n) is 3.31. The fraction of sp³-hybridized carbons (Fsp3) is 0.143. The van der Waals surface area contributed by atoms with Gasteiger partial charge in [0.25, 0.3) is 0 Å². The summed E-state index contributed by atoms with van der Waals surface area (Å²) in [6, 6.07) is 3.75. The van der Waals surface area contributed by atoms with Crippen molar-refractivity contribution in [2.24, 2.45) is 0 Å². The molecule has 0 aromatic carbocycles. The maximum Gasteiger partial charge on any atom is 0.154 e. The van der Waals surface area contributed by atoms with Gasteiger partial charge in [-0.25, -0.2) is 9.50 Å². The highest BCUT2D eigenvalue weighted by Gasteiger charge is 1.95. The maximum absolute atomic E-state index is 4.95. The number of aromatic nitrogens is 3. The second-order valence-electron chi connectivity index (χ2n) is 2.39. The van der Waals surface area contributed by atoms with Gasteiger partial charge >= 0.3 is 0 Å². The minimum absolute atomic E-state index is 0.641. The normalized spacial score (nSPS) is 10.6. The van der Waals surface area contributed by atoms with Crippen LogP contribution in [0.15, 0.2) is 18.3 Å². The molecule has 0 saturated heterocycles. The van der Waals surface area contributed by atoms with E-state index < -0.39 is 0 Å². The Hall–Kier alpha value is -1.16. The highest BCUT2D eigenvalue weighted by atomic mass is 32.1. The predicted octanol–water partition coefficient (Wildman–Crippen LogP) is 1.70. The van der Waals surface area contributed by atoms with Gasteiger partial charge in [0.15, 0.2) is 5.65 Å². The Labute approximate surface area is 68.7 Å². The number of aromatic amines is 1. The van der Waals surface area contributed by atoms with Crippen LogP contribution in [0.1, 0.15) is 5.69 Å². The van der Waals surface area contributed by atoms with Gasteiger partial charge in [-0.15, -0.1) is 0 Å². The molecule has 4 heteroatoms. The van der Waals surface area contributed by atoms with Gasteiger partial charge in [0, 0.05) is 18.0 Å². The Kier molecular flexibility index (Phi) is 1.29. The van der Waals surface area contributed by atoms with Gasteiger partial charge in [0.1, 0.15) is 4.64 Å². The monoisotopic (exact) mass is 165 g/mol. The maximum atomic E-state index is 4.95. The highest BCUT2D eigenvalue weighted by Crippen LogP contribution is 2.02. The van der Waals surface area contributed by atoms with Crippen molar-refractivity contribution >= 4 is 17.9 Å². The molecule has 56 valence electrons. The van der Waals surface area contributed by atoms with Crippen molar-refractivity contribution in [2.75, 3.05) is 0 Å². The van der Waals surface area contributed by atoms with E-state index in [9.17, 15) is 0 Å². The molecule has 11 heavy (non-hydrogen) atoms. The molecule has 0 aliphatic rings. The largest absolute Gasteiger partial charge is 0.300 e. The number of fused-ring (bicyclic) bond motifs is 1. The predicted molar refractivity (Wildman–Crippen MR) is 45.1 cm³/mol. The lowest BCUT2D eigenvalue weighted by molar-refractivity contribution is 0.892. The molecule has 0 unspecified atom stereocenters. The lowest BCUT2D eigenvalue weighted by Crippen LogP contribution is -1.94. The molecule has 3 nitrogen and oxygen atoms in total. The zero-order valence-electron chi connectivity index (χ0n) is 6.03. The molecular formula is C7H7N3S. The third-order valence-corrected chi connectivity index (χ3v) is 1.78. The summed E-state index contributed by atoms with van der Waals surface area (Å²) < 4.78 is 2.53. The smallest absolute Gasteiger partial charge is 0.154 e. The summed E-state index contributed by atoms with van der Waals surface area (Å²) in [5.74, 6) is 0. The van der Waals surface area contributed by atoms with E-state index in [1.807, 2.05) is 29.8 Å². The van der Waals surface area contributed by atoms with Crippen LogP contribution in [-0.4, -0.2) is 14.6 Å². The number of nitrogens with one attached hydrogen (secondary N) is 1. The van der Waals surface area contributed by atoms with Gasteiger partial charge in [-0.3, -0.25) is 5.10 Å². The summed E-state index contributed by atoms with van der Waals surface area (Å²) in [5.41, 5.74) is 1.94. The van der Waals surface area contributed by atoms with Crippen LogP contribution in [0.25, 0.3) is 5.65 Å². The van der Waals surface area contributed by atoms with Crippen molar-refractivity contribution in [3.8, 4) is 0 Å². The Morgan fingerprint density at radius 2 is 2.45 bits per heavy atom. The Bertz CT molecular complexity index is 440. The fourth-order valence-electron chi connectivity index (χ4n) is 1.09. The first kappa shape index (κ1) is 6.54. The zero-order valence-corrected chi connectivity index (χ0v) is 6.85. The summed E-state index contributed by atoms with van der Waals surface area (Å²) >= 11 is 4.95. The summed E-state index contributed by atoms with van der Waals surface area (Å²) in [6.45, 7) is 1.99. The Morgan fingerprint density at radius 3 is 3.27 bits per heavy atom. The summed E-state index contributed by atoms with van der Waals surface area (Å²) in [7, 11) is 0. The van der Waals surface area contributed by atoms with E-state index in [0.29, 0.717) is 4.64 Å². The van der Waals surface area contributed by atoms with Crippen molar-refractivity contribution < 1.29 is 0 Å².